The molecule has 2 fully saturated rings. The van der Waals surface area contributed by atoms with Gasteiger partial charge in [0.2, 0.25) is 0 Å². The van der Waals surface area contributed by atoms with Crippen molar-refractivity contribution in [3.05, 3.63) is 88.3 Å². The third kappa shape index (κ3) is 8.20. The number of amides is 2. The summed E-state index contributed by atoms with van der Waals surface area (Å²) >= 11 is 1.61. The van der Waals surface area contributed by atoms with Crippen molar-refractivity contribution in [3.63, 3.8) is 0 Å². The molecule has 0 aliphatic carbocycles. The SMILES string of the molecule is Cc1ccc(C(=O)N2CCN(Cc3ccc(-c4ccccc4F)s3)CC2)c(-n2cc(CN3[C@H](C)CN(C(=O)OC(C)(C)C)C[C@@H]3C)nn2)c1. The Morgan fingerprint density at radius 2 is 1.65 bits per heavy atom. The molecule has 2 atom stereocenters. The van der Waals surface area contributed by atoms with Crippen LogP contribution in [0.25, 0.3) is 16.1 Å². The highest BCUT2D eigenvalue weighted by molar-refractivity contribution is 7.15. The first kappa shape index (κ1) is 34.7. The Morgan fingerprint density at radius 1 is 0.939 bits per heavy atom. The number of nitrogens with zero attached hydrogens (tertiary/aromatic N) is 7. The zero-order chi connectivity index (χ0) is 34.9. The minimum atomic E-state index is -0.537. The second kappa shape index (κ2) is 14.4. The maximum Gasteiger partial charge on any atom is 0.410 e. The lowest BCUT2D eigenvalue weighted by Gasteiger charge is -2.44. The summed E-state index contributed by atoms with van der Waals surface area (Å²) in [7, 11) is 0. The molecule has 260 valence electrons. The van der Waals surface area contributed by atoms with Crippen LogP contribution < -0.4 is 0 Å². The summed E-state index contributed by atoms with van der Waals surface area (Å²) in [6, 6.07) is 17.0. The molecule has 0 N–H and O–H groups in total. The predicted molar refractivity (Wildman–Crippen MR) is 189 cm³/mol. The first-order valence-corrected chi connectivity index (χ1v) is 17.8. The van der Waals surface area contributed by atoms with Crippen LogP contribution in [0.3, 0.4) is 0 Å². The normalized spacial score (nSPS) is 19.3. The van der Waals surface area contributed by atoms with Crippen molar-refractivity contribution < 1.29 is 18.7 Å². The molecule has 2 aromatic heterocycles. The van der Waals surface area contributed by atoms with Gasteiger partial charge in [-0.05, 0) is 77.4 Å². The predicted octanol–water partition coefficient (Wildman–Crippen LogP) is 6.23. The first-order chi connectivity index (χ1) is 23.3. The number of ether oxygens (including phenoxy) is 1. The van der Waals surface area contributed by atoms with Crippen LogP contribution in [0.1, 0.15) is 61.1 Å². The van der Waals surface area contributed by atoms with E-state index in [4.69, 9.17) is 4.74 Å². The van der Waals surface area contributed by atoms with Gasteiger partial charge in [0.05, 0.1) is 23.1 Å². The van der Waals surface area contributed by atoms with Gasteiger partial charge >= 0.3 is 6.09 Å². The minimum absolute atomic E-state index is 0.0230. The molecule has 0 bridgehead atoms. The van der Waals surface area contributed by atoms with Gasteiger partial charge in [-0.25, -0.2) is 13.9 Å². The Hall–Kier alpha value is -4.13. The van der Waals surface area contributed by atoms with Crippen molar-refractivity contribution in [2.75, 3.05) is 39.3 Å². The lowest BCUT2D eigenvalue weighted by molar-refractivity contribution is -0.00997. The van der Waals surface area contributed by atoms with E-state index in [1.54, 1.807) is 27.0 Å². The molecule has 6 rings (SSSR count). The van der Waals surface area contributed by atoms with Gasteiger partial charge in [0, 0.05) is 79.8 Å². The van der Waals surface area contributed by atoms with Crippen molar-refractivity contribution in [2.45, 2.75) is 72.3 Å². The number of aryl methyl sites for hydroxylation is 1. The van der Waals surface area contributed by atoms with Crippen molar-refractivity contribution in [1.29, 1.82) is 0 Å². The molecule has 0 radical (unpaired) electrons. The largest absolute Gasteiger partial charge is 0.444 e. The molecule has 2 aliphatic rings. The van der Waals surface area contributed by atoms with Gasteiger partial charge in [0.15, 0.2) is 0 Å². The molecule has 4 heterocycles. The third-order valence-electron chi connectivity index (χ3n) is 9.11. The van der Waals surface area contributed by atoms with Crippen LogP contribution in [0.2, 0.25) is 0 Å². The topological polar surface area (TPSA) is 87.0 Å². The zero-order valence-corrected chi connectivity index (χ0v) is 30.0. The third-order valence-corrected chi connectivity index (χ3v) is 10.2. The Morgan fingerprint density at radius 3 is 2.35 bits per heavy atom. The number of benzene rings is 2. The van der Waals surface area contributed by atoms with Gasteiger partial charge in [0.1, 0.15) is 11.4 Å². The number of aromatic nitrogens is 3. The quantitative estimate of drug-likeness (QED) is 0.228. The minimum Gasteiger partial charge on any atom is -0.444 e. The van der Waals surface area contributed by atoms with E-state index in [-0.39, 0.29) is 29.9 Å². The van der Waals surface area contributed by atoms with E-state index in [1.807, 2.05) is 75.2 Å². The number of thiophene rings is 1. The average Bonchev–Trinajstić information content (AvgIpc) is 3.72. The summed E-state index contributed by atoms with van der Waals surface area (Å²) in [6.07, 6.45) is 1.62. The van der Waals surface area contributed by atoms with Crippen LogP contribution in [-0.4, -0.2) is 104 Å². The highest BCUT2D eigenvalue weighted by atomic mass is 32.1. The van der Waals surface area contributed by atoms with Crippen LogP contribution in [0, 0.1) is 12.7 Å². The molecule has 0 unspecified atom stereocenters. The molecule has 49 heavy (non-hydrogen) atoms. The van der Waals surface area contributed by atoms with E-state index in [0.717, 1.165) is 35.8 Å². The Balaban J connectivity index is 1.08. The number of hydrogen-bond donors (Lipinski definition) is 0. The van der Waals surface area contributed by atoms with E-state index in [9.17, 15) is 14.0 Å². The summed E-state index contributed by atoms with van der Waals surface area (Å²) in [4.78, 5) is 37.1. The van der Waals surface area contributed by atoms with Crippen LogP contribution >= 0.6 is 11.3 Å². The lowest BCUT2D eigenvalue weighted by Crippen LogP contribution is -2.58. The first-order valence-electron chi connectivity index (χ1n) is 17.0. The van der Waals surface area contributed by atoms with Crippen LogP contribution in [0.5, 0.6) is 0 Å². The lowest BCUT2D eigenvalue weighted by atomic mass is 10.1. The summed E-state index contributed by atoms with van der Waals surface area (Å²) in [5, 5.41) is 8.95. The highest BCUT2D eigenvalue weighted by Gasteiger charge is 2.34. The summed E-state index contributed by atoms with van der Waals surface area (Å²) < 4.78 is 21.6. The molecule has 0 spiro atoms. The van der Waals surface area contributed by atoms with Gasteiger partial charge in [-0.3, -0.25) is 14.6 Å². The standard InChI is InChI=1S/C37H46FN7O3S/c1-25-11-13-31(35(46)42-17-15-41(16-18-42)24-29-12-14-34(49-29)30-9-7-8-10-32(30)38)33(19-25)45-23-28(39-40-45)22-44-26(2)20-43(21-27(44)3)36(47)48-37(4,5)6/h7-14,19,23,26-27H,15-18,20-22,24H2,1-6H3/t26-,27+. The van der Waals surface area contributed by atoms with Gasteiger partial charge in [-0.15, -0.1) is 16.4 Å². The summed E-state index contributed by atoms with van der Waals surface area (Å²) in [5.41, 5.74) is 3.22. The molecular weight excluding hydrogens is 642 g/mol. The van der Waals surface area contributed by atoms with E-state index < -0.39 is 5.60 Å². The van der Waals surface area contributed by atoms with E-state index in [0.29, 0.717) is 49.5 Å². The van der Waals surface area contributed by atoms with Crippen molar-refractivity contribution in [3.8, 4) is 16.1 Å². The zero-order valence-electron chi connectivity index (χ0n) is 29.2. The number of hydrogen-bond acceptors (Lipinski definition) is 8. The van der Waals surface area contributed by atoms with E-state index >= 15 is 0 Å². The fourth-order valence-electron chi connectivity index (χ4n) is 6.60. The second-order valence-corrected chi connectivity index (χ2v) is 15.4. The Bertz CT molecular complexity index is 1780. The molecule has 2 aliphatic heterocycles. The number of carbonyl (C=O) groups excluding carboxylic acids is 2. The fraction of sp³-hybridized carbons (Fsp3) is 0.459. The van der Waals surface area contributed by atoms with Gasteiger partial charge in [0.25, 0.3) is 5.91 Å². The number of rotatable bonds is 7. The Labute approximate surface area is 292 Å². The maximum atomic E-state index is 14.3. The van der Waals surface area contributed by atoms with Crippen molar-refractivity contribution in [1.82, 2.24) is 34.6 Å². The molecule has 2 saturated heterocycles. The second-order valence-electron chi connectivity index (χ2n) is 14.2. The van der Waals surface area contributed by atoms with Gasteiger partial charge in [-0.2, -0.15) is 0 Å². The summed E-state index contributed by atoms with van der Waals surface area (Å²) in [5.74, 6) is -0.231. The molecule has 10 nitrogen and oxygen atoms in total. The molecule has 0 saturated carbocycles. The number of piperazine rings is 2. The monoisotopic (exact) mass is 687 g/mol. The van der Waals surface area contributed by atoms with Crippen LogP contribution in [-0.2, 0) is 17.8 Å². The molecule has 4 aromatic rings. The average molecular weight is 688 g/mol. The van der Waals surface area contributed by atoms with E-state index in [1.165, 1.54) is 10.9 Å². The fourth-order valence-corrected chi connectivity index (χ4v) is 7.68. The van der Waals surface area contributed by atoms with Crippen LogP contribution in [0.4, 0.5) is 9.18 Å². The Kier molecular flexibility index (Phi) is 10.2. The van der Waals surface area contributed by atoms with Gasteiger partial charge < -0.3 is 14.5 Å². The van der Waals surface area contributed by atoms with Crippen molar-refractivity contribution >= 4 is 23.3 Å². The number of carbonyl (C=O) groups is 2. The van der Waals surface area contributed by atoms with Crippen molar-refractivity contribution in [2.24, 2.45) is 0 Å². The smallest absolute Gasteiger partial charge is 0.410 e. The number of halogens is 1. The molecule has 2 amide bonds. The highest BCUT2D eigenvalue weighted by Crippen LogP contribution is 2.31. The maximum absolute atomic E-state index is 14.3. The van der Waals surface area contributed by atoms with Gasteiger partial charge in [-0.1, -0.05) is 29.5 Å². The summed E-state index contributed by atoms with van der Waals surface area (Å²) in [6.45, 7) is 17.1. The molecule has 12 heteroatoms. The molecular formula is C37H46FN7O3S. The van der Waals surface area contributed by atoms with Crippen LogP contribution in [0.15, 0.2) is 60.8 Å². The van der Waals surface area contributed by atoms with E-state index in [2.05, 4.69) is 40.0 Å². The molecule has 2 aromatic carbocycles.